The highest BCUT2D eigenvalue weighted by Crippen LogP contribution is 2.42. The van der Waals surface area contributed by atoms with E-state index >= 15 is 0 Å². The first-order valence-electron chi connectivity index (χ1n) is 11.4. The van der Waals surface area contributed by atoms with Crippen LogP contribution in [0.25, 0.3) is 0 Å². The Morgan fingerprint density at radius 3 is 1.54 bits per heavy atom. The van der Waals surface area contributed by atoms with Crippen molar-refractivity contribution < 1.29 is 0 Å². The van der Waals surface area contributed by atoms with Crippen molar-refractivity contribution in [3.63, 3.8) is 0 Å². The predicted octanol–water partition coefficient (Wildman–Crippen LogP) is 7.49. The molecule has 1 nitrogen and oxygen atoms in total. The summed E-state index contributed by atoms with van der Waals surface area (Å²) < 4.78 is 0. The number of hydrogen-bond donors (Lipinski definition) is 1. The van der Waals surface area contributed by atoms with Gasteiger partial charge in [-0.2, -0.15) is 0 Å². The Morgan fingerprint density at radius 1 is 0.667 bits per heavy atom. The zero-order valence-corrected chi connectivity index (χ0v) is 17.3. The summed E-state index contributed by atoms with van der Waals surface area (Å²) in [6, 6.07) is 0. The van der Waals surface area contributed by atoms with Gasteiger partial charge in [0.25, 0.3) is 0 Å². The molecule has 1 rings (SSSR count). The van der Waals surface area contributed by atoms with Crippen LogP contribution in [0, 0.1) is 11.3 Å². The third-order valence-corrected chi connectivity index (χ3v) is 6.53. The summed E-state index contributed by atoms with van der Waals surface area (Å²) in [6.45, 7) is 9.78. The van der Waals surface area contributed by atoms with Gasteiger partial charge in [-0.05, 0) is 50.1 Å². The number of unbranched alkanes of at least 4 members (excludes halogenated alkanes) is 10. The molecule has 0 bridgehead atoms. The standard InChI is InChI=1S/C23H47N/c1-4-6-8-10-12-14-18-23(3,22-16-20-24-21-17-22)19-15-13-11-9-7-5-2/h22,24H,4-21H2,1-3H3. The minimum Gasteiger partial charge on any atom is -0.317 e. The first-order valence-corrected chi connectivity index (χ1v) is 11.4. The van der Waals surface area contributed by atoms with Crippen LogP contribution in [-0.4, -0.2) is 13.1 Å². The lowest BCUT2D eigenvalue weighted by Crippen LogP contribution is -2.37. The van der Waals surface area contributed by atoms with Gasteiger partial charge < -0.3 is 5.32 Å². The van der Waals surface area contributed by atoms with Crippen LogP contribution in [-0.2, 0) is 0 Å². The van der Waals surface area contributed by atoms with Gasteiger partial charge in [-0.1, -0.05) is 97.8 Å². The van der Waals surface area contributed by atoms with E-state index in [1.165, 1.54) is 116 Å². The summed E-state index contributed by atoms with van der Waals surface area (Å²) >= 11 is 0. The van der Waals surface area contributed by atoms with E-state index < -0.39 is 0 Å². The second kappa shape index (κ2) is 14.2. The van der Waals surface area contributed by atoms with Crippen molar-refractivity contribution in [3.05, 3.63) is 0 Å². The average molecular weight is 338 g/mol. The Hall–Kier alpha value is -0.0400. The van der Waals surface area contributed by atoms with Crippen LogP contribution in [0.5, 0.6) is 0 Å². The SMILES string of the molecule is CCCCCCCCC(C)(CCCCCCCC)C1CCNCC1. The summed E-state index contributed by atoms with van der Waals surface area (Å²) in [4.78, 5) is 0. The second-order valence-corrected chi connectivity index (χ2v) is 8.71. The molecule has 0 saturated carbocycles. The normalized spacial score (nSPS) is 16.6. The molecule has 1 heteroatoms. The lowest BCUT2D eigenvalue weighted by molar-refractivity contribution is 0.111. The monoisotopic (exact) mass is 337 g/mol. The summed E-state index contributed by atoms with van der Waals surface area (Å²) in [5.74, 6) is 0.977. The van der Waals surface area contributed by atoms with E-state index in [1.54, 1.807) is 0 Å². The van der Waals surface area contributed by atoms with Crippen molar-refractivity contribution in [1.82, 2.24) is 5.32 Å². The molecule has 0 aromatic carbocycles. The lowest BCUT2D eigenvalue weighted by Gasteiger charge is -2.41. The number of hydrogen-bond acceptors (Lipinski definition) is 1. The van der Waals surface area contributed by atoms with Crippen molar-refractivity contribution in [3.8, 4) is 0 Å². The molecule has 0 aromatic heterocycles. The molecule has 1 saturated heterocycles. The van der Waals surface area contributed by atoms with Crippen molar-refractivity contribution in [1.29, 1.82) is 0 Å². The lowest BCUT2D eigenvalue weighted by atomic mass is 9.67. The Labute approximate surface area is 153 Å². The van der Waals surface area contributed by atoms with E-state index in [-0.39, 0.29) is 0 Å². The third-order valence-electron chi connectivity index (χ3n) is 6.53. The zero-order chi connectivity index (χ0) is 17.5. The Bertz CT molecular complexity index is 251. The van der Waals surface area contributed by atoms with Gasteiger partial charge in [-0.3, -0.25) is 0 Å². The summed E-state index contributed by atoms with van der Waals surface area (Å²) in [5, 5.41) is 3.57. The topological polar surface area (TPSA) is 12.0 Å². The van der Waals surface area contributed by atoms with Crippen molar-refractivity contribution in [2.45, 2.75) is 124 Å². The van der Waals surface area contributed by atoms with E-state index in [2.05, 4.69) is 26.1 Å². The molecular formula is C23H47N. The van der Waals surface area contributed by atoms with Gasteiger partial charge in [0.05, 0.1) is 0 Å². The third kappa shape index (κ3) is 9.44. The Balaban J connectivity index is 2.32. The first-order chi connectivity index (χ1) is 11.7. The molecule has 0 amide bonds. The maximum absolute atomic E-state index is 3.57. The molecule has 1 N–H and O–H groups in total. The Morgan fingerprint density at radius 2 is 1.08 bits per heavy atom. The van der Waals surface area contributed by atoms with Gasteiger partial charge >= 0.3 is 0 Å². The highest BCUT2D eigenvalue weighted by Gasteiger charge is 2.33. The van der Waals surface area contributed by atoms with E-state index in [1.807, 2.05) is 0 Å². The average Bonchev–Trinajstić information content (AvgIpc) is 2.62. The first kappa shape index (κ1) is 22.0. The maximum atomic E-state index is 3.57. The minimum atomic E-state index is 0.623. The summed E-state index contributed by atoms with van der Waals surface area (Å²) in [5.41, 5.74) is 0.623. The van der Waals surface area contributed by atoms with Crippen LogP contribution >= 0.6 is 0 Å². The highest BCUT2D eigenvalue weighted by molar-refractivity contribution is 4.85. The van der Waals surface area contributed by atoms with Crippen LogP contribution in [0.1, 0.15) is 124 Å². The molecule has 1 aliphatic heterocycles. The van der Waals surface area contributed by atoms with Gasteiger partial charge in [0, 0.05) is 0 Å². The molecule has 1 heterocycles. The van der Waals surface area contributed by atoms with Gasteiger partial charge in [0.2, 0.25) is 0 Å². The van der Waals surface area contributed by atoms with Crippen LogP contribution < -0.4 is 5.32 Å². The molecule has 0 spiro atoms. The van der Waals surface area contributed by atoms with Gasteiger partial charge in [-0.15, -0.1) is 0 Å². The molecule has 144 valence electrons. The molecule has 1 aliphatic rings. The van der Waals surface area contributed by atoms with E-state index in [0.29, 0.717) is 5.41 Å². The van der Waals surface area contributed by atoms with Crippen LogP contribution in [0.3, 0.4) is 0 Å². The van der Waals surface area contributed by atoms with Crippen molar-refractivity contribution in [2.24, 2.45) is 11.3 Å². The fourth-order valence-electron chi connectivity index (χ4n) is 4.67. The molecule has 24 heavy (non-hydrogen) atoms. The molecule has 0 aromatic rings. The van der Waals surface area contributed by atoms with E-state index in [0.717, 1.165) is 5.92 Å². The molecule has 0 radical (unpaired) electrons. The van der Waals surface area contributed by atoms with Gasteiger partial charge in [0.15, 0.2) is 0 Å². The van der Waals surface area contributed by atoms with Crippen LogP contribution in [0.2, 0.25) is 0 Å². The van der Waals surface area contributed by atoms with Crippen LogP contribution in [0.15, 0.2) is 0 Å². The van der Waals surface area contributed by atoms with Crippen molar-refractivity contribution in [2.75, 3.05) is 13.1 Å². The maximum Gasteiger partial charge on any atom is -0.00461 e. The molecule has 1 fully saturated rings. The van der Waals surface area contributed by atoms with E-state index in [9.17, 15) is 0 Å². The second-order valence-electron chi connectivity index (χ2n) is 8.71. The Kier molecular flexibility index (Phi) is 13.0. The highest BCUT2D eigenvalue weighted by atomic mass is 14.9. The number of nitrogens with one attached hydrogen (secondary N) is 1. The van der Waals surface area contributed by atoms with Crippen molar-refractivity contribution >= 4 is 0 Å². The number of piperidine rings is 1. The number of rotatable bonds is 15. The fraction of sp³-hybridized carbons (Fsp3) is 1.00. The van der Waals surface area contributed by atoms with Gasteiger partial charge in [0.1, 0.15) is 0 Å². The zero-order valence-electron chi connectivity index (χ0n) is 17.3. The molecule has 0 aliphatic carbocycles. The molecular weight excluding hydrogens is 290 g/mol. The fourth-order valence-corrected chi connectivity index (χ4v) is 4.67. The molecule has 0 unspecified atom stereocenters. The predicted molar refractivity (Wildman–Crippen MR) is 110 cm³/mol. The summed E-state index contributed by atoms with van der Waals surface area (Å²) in [7, 11) is 0. The van der Waals surface area contributed by atoms with Gasteiger partial charge in [-0.25, -0.2) is 0 Å². The van der Waals surface area contributed by atoms with E-state index in [4.69, 9.17) is 0 Å². The smallest absolute Gasteiger partial charge is 0.00461 e. The van der Waals surface area contributed by atoms with Crippen LogP contribution in [0.4, 0.5) is 0 Å². The minimum absolute atomic E-state index is 0.623. The summed E-state index contributed by atoms with van der Waals surface area (Å²) in [6.07, 6.45) is 23.1. The largest absolute Gasteiger partial charge is 0.317 e. The quantitative estimate of drug-likeness (QED) is 0.305. The molecule has 0 atom stereocenters.